The van der Waals surface area contributed by atoms with Gasteiger partial charge in [-0.25, -0.2) is 0 Å². The number of ether oxygens (including phenoxy) is 1. The van der Waals surface area contributed by atoms with Gasteiger partial charge in [0.2, 0.25) is 11.2 Å². The molecule has 0 unspecified atom stereocenters. The average Bonchev–Trinajstić information content (AvgIpc) is 2.44. The lowest BCUT2D eigenvalue weighted by Gasteiger charge is -2.06. The second kappa shape index (κ2) is 6.89. The summed E-state index contributed by atoms with van der Waals surface area (Å²) in [5, 5.41) is 2.92. The first-order valence-electron chi connectivity index (χ1n) is 6.04. The molecule has 1 aromatic carbocycles. The van der Waals surface area contributed by atoms with Crippen molar-refractivity contribution in [1.82, 2.24) is 15.0 Å². The molecule has 1 N–H and O–H groups in total. The summed E-state index contributed by atoms with van der Waals surface area (Å²) in [6.45, 7) is 0.540. The maximum absolute atomic E-state index is 5.76. The van der Waals surface area contributed by atoms with E-state index in [0.29, 0.717) is 12.6 Å². The molecular formula is C13H15ClN4O. The highest BCUT2D eigenvalue weighted by atomic mass is 35.5. The number of hydrogen-bond acceptors (Lipinski definition) is 5. The topological polar surface area (TPSA) is 59.9 Å². The van der Waals surface area contributed by atoms with Crippen molar-refractivity contribution in [2.75, 3.05) is 19.0 Å². The summed E-state index contributed by atoms with van der Waals surface area (Å²) in [6.07, 6.45) is 1.85. The number of halogens is 1. The van der Waals surface area contributed by atoms with Crippen molar-refractivity contribution in [3.63, 3.8) is 0 Å². The van der Waals surface area contributed by atoms with Crippen LogP contribution in [0.25, 0.3) is 0 Å². The normalized spacial score (nSPS) is 10.2. The van der Waals surface area contributed by atoms with Gasteiger partial charge >= 0.3 is 6.01 Å². The van der Waals surface area contributed by atoms with Crippen LogP contribution in [0.2, 0.25) is 5.28 Å². The third-order valence-electron chi connectivity index (χ3n) is 2.49. The minimum absolute atomic E-state index is 0.123. The molecule has 0 spiro atoms. The molecule has 6 heteroatoms. The van der Waals surface area contributed by atoms with Gasteiger partial charge in [-0.2, -0.15) is 15.0 Å². The maximum atomic E-state index is 5.76. The fourth-order valence-electron chi connectivity index (χ4n) is 1.59. The van der Waals surface area contributed by atoms with Gasteiger partial charge in [0, 0.05) is 7.05 Å². The van der Waals surface area contributed by atoms with E-state index in [2.05, 4.69) is 32.4 Å². The van der Waals surface area contributed by atoms with E-state index in [1.165, 1.54) is 5.56 Å². The minimum atomic E-state index is 0.123. The van der Waals surface area contributed by atoms with E-state index in [0.717, 1.165) is 12.8 Å². The molecule has 5 nitrogen and oxygen atoms in total. The van der Waals surface area contributed by atoms with Gasteiger partial charge in [0.05, 0.1) is 6.61 Å². The quantitative estimate of drug-likeness (QED) is 0.823. The van der Waals surface area contributed by atoms with Crippen LogP contribution in [-0.2, 0) is 6.42 Å². The Hall–Kier alpha value is -1.88. The summed E-state index contributed by atoms with van der Waals surface area (Å²) in [7, 11) is 1.71. The second-order valence-electron chi connectivity index (χ2n) is 3.90. The summed E-state index contributed by atoms with van der Waals surface area (Å²) in [5.74, 6) is 0.401. The second-order valence-corrected chi connectivity index (χ2v) is 4.24. The van der Waals surface area contributed by atoms with Crippen LogP contribution in [0.3, 0.4) is 0 Å². The number of nitrogens with zero attached hydrogens (tertiary/aromatic N) is 3. The molecule has 2 aromatic rings. The van der Waals surface area contributed by atoms with Crippen molar-refractivity contribution in [1.29, 1.82) is 0 Å². The van der Waals surface area contributed by atoms with Crippen molar-refractivity contribution < 1.29 is 4.74 Å². The highest BCUT2D eigenvalue weighted by Crippen LogP contribution is 2.11. The Kier molecular flexibility index (Phi) is 4.92. The number of aryl methyl sites for hydroxylation is 1. The first kappa shape index (κ1) is 13.5. The largest absolute Gasteiger partial charge is 0.463 e. The standard InChI is InChI=1S/C13H15ClN4O/c1-15-12-16-11(14)17-13(18-12)19-9-5-8-10-6-3-2-4-7-10/h2-4,6-7H,5,8-9H2,1H3,(H,15,16,17,18). The highest BCUT2D eigenvalue weighted by Gasteiger charge is 2.04. The average molecular weight is 279 g/mol. The Balaban J connectivity index is 1.81. The number of hydrogen-bond donors (Lipinski definition) is 1. The van der Waals surface area contributed by atoms with E-state index in [1.807, 2.05) is 18.2 Å². The molecule has 0 amide bonds. The minimum Gasteiger partial charge on any atom is -0.463 e. The van der Waals surface area contributed by atoms with E-state index in [4.69, 9.17) is 16.3 Å². The molecular weight excluding hydrogens is 264 g/mol. The Labute approximate surface area is 117 Å². The van der Waals surface area contributed by atoms with Gasteiger partial charge in [-0.1, -0.05) is 30.3 Å². The van der Waals surface area contributed by atoms with Gasteiger partial charge in [0.15, 0.2) is 0 Å². The van der Waals surface area contributed by atoms with Crippen molar-refractivity contribution in [2.45, 2.75) is 12.8 Å². The van der Waals surface area contributed by atoms with E-state index in [9.17, 15) is 0 Å². The molecule has 0 aliphatic rings. The number of aromatic nitrogens is 3. The third-order valence-corrected chi connectivity index (χ3v) is 2.66. The van der Waals surface area contributed by atoms with Crippen LogP contribution in [0, 0.1) is 0 Å². The van der Waals surface area contributed by atoms with Crippen molar-refractivity contribution in [2.24, 2.45) is 0 Å². The van der Waals surface area contributed by atoms with Crippen molar-refractivity contribution in [3.8, 4) is 6.01 Å². The predicted molar refractivity (Wildman–Crippen MR) is 74.6 cm³/mol. The summed E-state index contributed by atoms with van der Waals surface area (Å²) in [6, 6.07) is 10.5. The highest BCUT2D eigenvalue weighted by molar-refractivity contribution is 6.28. The molecule has 1 heterocycles. The predicted octanol–water partition coefficient (Wildman–Crippen LogP) is 2.58. The van der Waals surface area contributed by atoms with Gasteiger partial charge in [0.25, 0.3) is 0 Å². The molecule has 100 valence electrons. The number of benzene rings is 1. The van der Waals surface area contributed by atoms with Crippen LogP contribution in [0.15, 0.2) is 30.3 Å². The fraction of sp³-hybridized carbons (Fsp3) is 0.308. The number of rotatable bonds is 6. The van der Waals surface area contributed by atoms with Gasteiger partial charge in [-0.15, -0.1) is 0 Å². The van der Waals surface area contributed by atoms with Crippen molar-refractivity contribution in [3.05, 3.63) is 41.2 Å². The van der Waals surface area contributed by atoms with Crippen LogP contribution >= 0.6 is 11.6 Å². The van der Waals surface area contributed by atoms with E-state index in [-0.39, 0.29) is 11.3 Å². The van der Waals surface area contributed by atoms with Gasteiger partial charge < -0.3 is 10.1 Å². The molecule has 2 rings (SSSR count). The molecule has 0 atom stereocenters. The maximum Gasteiger partial charge on any atom is 0.322 e. The molecule has 0 saturated carbocycles. The van der Waals surface area contributed by atoms with Gasteiger partial charge in [-0.3, -0.25) is 0 Å². The molecule has 0 aliphatic carbocycles. The molecule has 1 aromatic heterocycles. The van der Waals surface area contributed by atoms with Gasteiger partial charge in [-0.05, 0) is 30.0 Å². The first-order chi connectivity index (χ1) is 9.28. The number of anilines is 1. The molecule has 0 saturated heterocycles. The smallest absolute Gasteiger partial charge is 0.322 e. The SMILES string of the molecule is CNc1nc(Cl)nc(OCCCc2ccccc2)n1. The van der Waals surface area contributed by atoms with Gasteiger partial charge in [0.1, 0.15) is 0 Å². The molecule has 0 radical (unpaired) electrons. The van der Waals surface area contributed by atoms with Crippen LogP contribution in [0.5, 0.6) is 6.01 Å². The molecule has 0 aliphatic heterocycles. The molecule has 0 fully saturated rings. The Morgan fingerprint density at radius 3 is 2.68 bits per heavy atom. The summed E-state index contributed by atoms with van der Waals surface area (Å²) < 4.78 is 5.46. The van der Waals surface area contributed by atoms with Crippen LogP contribution < -0.4 is 10.1 Å². The van der Waals surface area contributed by atoms with Crippen LogP contribution in [0.1, 0.15) is 12.0 Å². The van der Waals surface area contributed by atoms with Crippen LogP contribution in [0.4, 0.5) is 5.95 Å². The zero-order valence-corrected chi connectivity index (χ0v) is 11.4. The monoisotopic (exact) mass is 278 g/mol. The van der Waals surface area contributed by atoms with E-state index in [1.54, 1.807) is 7.05 Å². The zero-order valence-electron chi connectivity index (χ0n) is 10.6. The Morgan fingerprint density at radius 1 is 1.16 bits per heavy atom. The Morgan fingerprint density at radius 2 is 1.95 bits per heavy atom. The van der Waals surface area contributed by atoms with Crippen LogP contribution in [-0.4, -0.2) is 28.6 Å². The van der Waals surface area contributed by atoms with E-state index < -0.39 is 0 Å². The lowest BCUT2D eigenvalue weighted by atomic mass is 10.1. The summed E-state index contributed by atoms with van der Waals surface area (Å²) >= 11 is 5.76. The first-order valence-corrected chi connectivity index (χ1v) is 6.42. The Bertz CT molecular complexity index is 521. The molecule has 19 heavy (non-hydrogen) atoms. The number of nitrogens with one attached hydrogen (secondary N) is 1. The lowest BCUT2D eigenvalue weighted by Crippen LogP contribution is -2.06. The summed E-state index contributed by atoms with van der Waals surface area (Å²) in [5.41, 5.74) is 1.29. The van der Waals surface area contributed by atoms with Crippen molar-refractivity contribution >= 4 is 17.5 Å². The fourth-order valence-corrected chi connectivity index (χ4v) is 1.75. The summed E-state index contributed by atoms with van der Waals surface area (Å²) in [4.78, 5) is 11.8. The molecule has 0 bridgehead atoms. The lowest BCUT2D eigenvalue weighted by molar-refractivity contribution is 0.286. The third kappa shape index (κ3) is 4.37. The van der Waals surface area contributed by atoms with E-state index >= 15 is 0 Å². The zero-order chi connectivity index (χ0) is 13.5.